The normalized spacial score (nSPS) is 10.8. The number of aromatic nitrogens is 6. The lowest BCUT2D eigenvalue weighted by Gasteiger charge is -2.10. The summed E-state index contributed by atoms with van der Waals surface area (Å²) in [5.41, 5.74) is 0. The van der Waals surface area contributed by atoms with Gasteiger partial charge in [0.25, 0.3) is 5.95 Å². The van der Waals surface area contributed by atoms with Crippen molar-refractivity contribution in [1.29, 1.82) is 0 Å². The summed E-state index contributed by atoms with van der Waals surface area (Å²) in [6, 6.07) is 0.234. The highest BCUT2D eigenvalue weighted by Crippen LogP contribution is 2.12. The summed E-state index contributed by atoms with van der Waals surface area (Å²) < 4.78 is 1.54. The Balaban J connectivity index is 2.37. The third-order valence-corrected chi connectivity index (χ3v) is 2.79. The maximum Gasteiger partial charge on any atom is 0.258 e. The van der Waals surface area contributed by atoms with E-state index in [9.17, 15) is 0 Å². The van der Waals surface area contributed by atoms with Gasteiger partial charge in [0, 0.05) is 12.6 Å². The van der Waals surface area contributed by atoms with Crippen LogP contribution in [0.2, 0.25) is 0 Å². The Morgan fingerprint density at radius 2 is 2.00 bits per heavy atom. The monoisotopic (exact) mass is 294 g/mol. The van der Waals surface area contributed by atoms with E-state index in [4.69, 9.17) is 0 Å². The van der Waals surface area contributed by atoms with Crippen LogP contribution in [-0.4, -0.2) is 48.6 Å². The molecule has 0 bridgehead atoms. The van der Waals surface area contributed by atoms with Gasteiger partial charge < -0.3 is 10.6 Å². The van der Waals surface area contributed by atoms with E-state index in [1.165, 1.54) is 11.8 Å². The Morgan fingerprint density at radius 1 is 1.25 bits per heavy atom. The molecule has 9 heteroatoms. The van der Waals surface area contributed by atoms with Crippen LogP contribution in [0.1, 0.15) is 20.8 Å². The van der Waals surface area contributed by atoms with Crippen LogP contribution in [0.5, 0.6) is 0 Å². The van der Waals surface area contributed by atoms with Gasteiger partial charge in [0.05, 0.1) is 0 Å². The number of hydrogen-bond acceptors (Lipinski definition) is 8. The first kappa shape index (κ1) is 14.5. The Morgan fingerprint density at radius 3 is 2.60 bits per heavy atom. The molecular weight excluding hydrogens is 276 g/mol. The average molecular weight is 294 g/mol. The minimum Gasteiger partial charge on any atom is -0.354 e. The van der Waals surface area contributed by atoms with Crippen LogP contribution in [0.25, 0.3) is 5.95 Å². The first-order valence-corrected chi connectivity index (χ1v) is 7.57. The van der Waals surface area contributed by atoms with E-state index in [0.717, 1.165) is 6.54 Å². The number of anilines is 2. The van der Waals surface area contributed by atoms with Crippen molar-refractivity contribution in [3.63, 3.8) is 0 Å². The van der Waals surface area contributed by atoms with Gasteiger partial charge in [-0.3, -0.25) is 0 Å². The van der Waals surface area contributed by atoms with Crippen molar-refractivity contribution in [2.45, 2.75) is 32.0 Å². The van der Waals surface area contributed by atoms with Gasteiger partial charge in [-0.15, -0.1) is 5.10 Å². The molecule has 8 nitrogen and oxygen atoms in total. The highest BCUT2D eigenvalue weighted by Gasteiger charge is 2.10. The molecule has 0 spiro atoms. The highest BCUT2D eigenvalue weighted by atomic mass is 32.2. The molecule has 20 heavy (non-hydrogen) atoms. The van der Waals surface area contributed by atoms with Gasteiger partial charge in [0.2, 0.25) is 17.1 Å². The molecule has 0 aliphatic rings. The third kappa shape index (κ3) is 3.56. The molecule has 0 unspecified atom stereocenters. The molecule has 2 aromatic rings. The van der Waals surface area contributed by atoms with Crippen LogP contribution in [0, 0.1) is 0 Å². The zero-order chi connectivity index (χ0) is 14.5. The van der Waals surface area contributed by atoms with Crippen molar-refractivity contribution in [3.05, 3.63) is 6.33 Å². The quantitative estimate of drug-likeness (QED) is 0.773. The summed E-state index contributed by atoms with van der Waals surface area (Å²) in [4.78, 5) is 17.1. The third-order valence-electron chi connectivity index (χ3n) is 2.23. The van der Waals surface area contributed by atoms with Crippen LogP contribution in [0.4, 0.5) is 11.9 Å². The molecule has 2 N–H and O–H groups in total. The predicted molar refractivity (Wildman–Crippen MR) is 79.4 cm³/mol. The lowest BCUT2D eigenvalue weighted by molar-refractivity contribution is 0.764. The highest BCUT2D eigenvalue weighted by molar-refractivity contribution is 7.98. The van der Waals surface area contributed by atoms with E-state index in [-0.39, 0.29) is 6.04 Å². The van der Waals surface area contributed by atoms with E-state index in [1.54, 1.807) is 11.0 Å². The summed E-state index contributed by atoms with van der Waals surface area (Å²) in [5.74, 6) is 1.47. The molecule has 0 atom stereocenters. The number of nitrogens with zero attached hydrogens (tertiary/aromatic N) is 6. The zero-order valence-electron chi connectivity index (χ0n) is 12.0. The van der Waals surface area contributed by atoms with Crippen LogP contribution in [0.15, 0.2) is 11.5 Å². The molecule has 2 heterocycles. The molecule has 2 rings (SSSR count). The molecule has 0 saturated carbocycles. The van der Waals surface area contributed by atoms with E-state index >= 15 is 0 Å². The molecule has 0 aliphatic carbocycles. The Bertz CT molecular complexity index is 567. The van der Waals surface area contributed by atoms with Gasteiger partial charge in [0.1, 0.15) is 6.33 Å². The van der Waals surface area contributed by atoms with Crippen molar-refractivity contribution in [1.82, 2.24) is 29.7 Å². The van der Waals surface area contributed by atoms with Gasteiger partial charge in [0.15, 0.2) is 0 Å². The zero-order valence-corrected chi connectivity index (χ0v) is 12.8. The van der Waals surface area contributed by atoms with Crippen LogP contribution >= 0.6 is 11.8 Å². The van der Waals surface area contributed by atoms with Crippen molar-refractivity contribution in [3.8, 4) is 5.95 Å². The topological polar surface area (TPSA) is 93.4 Å². The molecule has 0 aliphatic heterocycles. The van der Waals surface area contributed by atoms with Crippen LogP contribution in [-0.2, 0) is 0 Å². The van der Waals surface area contributed by atoms with E-state index in [2.05, 4.69) is 35.7 Å². The molecule has 2 aromatic heterocycles. The molecule has 0 radical (unpaired) electrons. The second-order valence-corrected chi connectivity index (χ2v) is 5.06. The van der Waals surface area contributed by atoms with Crippen molar-refractivity contribution >= 4 is 23.7 Å². The molecule has 0 fully saturated rings. The minimum atomic E-state index is 0.234. The van der Waals surface area contributed by atoms with Gasteiger partial charge in [-0.25, -0.2) is 4.98 Å². The van der Waals surface area contributed by atoms with Crippen molar-refractivity contribution < 1.29 is 0 Å². The van der Waals surface area contributed by atoms with Gasteiger partial charge in [-0.2, -0.15) is 19.6 Å². The first-order valence-electron chi connectivity index (χ1n) is 6.35. The summed E-state index contributed by atoms with van der Waals surface area (Å²) in [7, 11) is 0. The maximum absolute atomic E-state index is 4.35. The van der Waals surface area contributed by atoms with E-state index < -0.39 is 0 Å². The second kappa shape index (κ2) is 6.51. The Kier molecular flexibility index (Phi) is 4.72. The largest absolute Gasteiger partial charge is 0.354 e. The van der Waals surface area contributed by atoms with Gasteiger partial charge >= 0.3 is 0 Å². The standard InChI is InChI=1S/C11H18N8S/c1-5-12-8-15-9(14-7(2)3)17-10(16-8)19-6-13-11(18-19)20-4/h6-7H,5H2,1-4H3,(H2,12,14,15,16,17). The number of rotatable bonds is 6. The smallest absolute Gasteiger partial charge is 0.258 e. The summed E-state index contributed by atoms with van der Waals surface area (Å²) in [6.07, 6.45) is 3.51. The number of hydrogen-bond donors (Lipinski definition) is 2. The summed E-state index contributed by atoms with van der Waals surface area (Å²) in [5, 5.41) is 11.2. The number of thioether (sulfide) groups is 1. The fourth-order valence-corrected chi connectivity index (χ4v) is 1.79. The molecule has 0 saturated heterocycles. The maximum atomic E-state index is 4.35. The Hall–Kier alpha value is -1.90. The number of nitrogens with one attached hydrogen (secondary N) is 2. The molecule has 108 valence electrons. The fourth-order valence-electron chi connectivity index (χ4n) is 1.46. The molecule has 0 amide bonds. The van der Waals surface area contributed by atoms with Crippen LogP contribution < -0.4 is 10.6 Å². The van der Waals surface area contributed by atoms with E-state index in [0.29, 0.717) is 23.0 Å². The van der Waals surface area contributed by atoms with Crippen molar-refractivity contribution in [2.24, 2.45) is 0 Å². The van der Waals surface area contributed by atoms with Gasteiger partial charge in [-0.1, -0.05) is 11.8 Å². The van der Waals surface area contributed by atoms with Crippen LogP contribution in [0.3, 0.4) is 0 Å². The Labute approximate surface area is 121 Å². The van der Waals surface area contributed by atoms with E-state index in [1.807, 2.05) is 27.0 Å². The lowest BCUT2D eigenvalue weighted by atomic mass is 10.4. The fraction of sp³-hybridized carbons (Fsp3) is 0.545. The SMILES string of the molecule is CCNc1nc(NC(C)C)nc(-n2cnc(SC)n2)n1. The molecule has 0 aromatic carbocycles. The second-order valence-electron chi connectivity index (χ2n) is 4.29. The molecular formula is C11H18N8S. The minimum absolute atomic E-state index is 0.234. The van der Waals surface area contributed by atoms with Crippen molar-refractivity contribution in [2.75, 3.05) is 23.4 Å². The first-order chi connectivity index (χ1) is 9.62. The summed E-state index contributed by atoms with van der Waals surface area (Å²) in [6.45, 7) is 6.77. The average Bonchev–Trinajstić information content (AvgIpc) is 2.86. The lowest BCUT2D eigenvalue weighted by Crippen LogP contribution is -2.16. The predicted octanol–water partition coefficient (Wildman–Crippen LogP) is 1.43. The summed E-state index contributed by atoms with van der Waals surface area (Å²) >= 11 is 1.47. The van der Waals surface area contributed by atoms with Gasteiger partial charge in [-0.05, 0) is 27.0 Å².